The summed E-state index contributed by atoms with van der Waals surface area (Å²) >= 11 is 0. The summed E-state index contributed by atoms with van der Waals surface area (Å²) < 4.78 is 42.6. The van der Waals surface area contributed by atoms with E-state index in [4.69, 9.17) is 0 Å². The Morgan fingerprint density at radius 2 is 2.15 bits per heavy atom. The maximum Gasteiger partial charge on any atom is 0.471 e. The van der Waals surface area contributed by atoms with E-state index in [2.05, 4.69) is 9.72 Å². The van der Waals surface area contributed by atoms with Crippen molar-refractivity contribution in [3.63, 3.8) is 0 Å². The van der Waals surface area contributed by atoms with Crippen LogP contribution in [0.1, 0.15) is 12.6 Å². The molecule has 0 bridgehead atoms. The SMILES string of the molecule is CCn1cnc(C[C@H](NC(=O)C(F)(F)F)C(=O)OC)c1. The molecule has 0 fully saturated rings. The Hall–Kier alpha value is -2.06. The molecular formula is C11H14F3N3O3. The number of amides is 1. The number of rotatable bonds is 5. The lowest BCUT2D eigenvalue weighted by Crippen LogP contribution is -2.48. The fourth-order valence-corrected chi connectivity index (χ4v) is 1.47. The van der Waals surface area contributed by atoms with Crippen molar-refractivity contribution < 1.29 is 27.5 Å². The van der Waals surface area contributed by atoms with Crippen molar-refractivity contribution in [2.24, 2.45) is 0 Å². The lowest BCUT2D eigenvalue weighted by atomic mass is 10.1. The van der Waals surface area contributed by atoms with Gasteiger partial charge in [0.05, 0.1) is 19.1 Å². The van der Waals surface area contributed by atoms with E-state index in [1.165, 1.54) is 6.33 Å². The number of aryl methyl sites for hydroxylation is 1. The van der Waals surface area contributed by atoms with Crippen LogP contribution in [0.2, 0.25) is 0 Å². The van der Waals surface area contributed by atoms with E-state index in [1.807, 2.05) is 6.92 Å². The van der Waals surface area contributed by atoms with Crippen LogP contribution in [0.4, 0.5) is 13.2 Å². The van der Waals surface area contributed by atoms with Gasteiger partial charge in [-0.3, -0.25) is 4.79 Å². The third-order valence-corrected chi connectivity index (χ3v) is 2.51. The number of alkyl halides is 3. The zero-order valence-electron chi connectivity index (χ0n) is 10.9. The highest BCUT2D eigenvalue weighted by molar-refractivity contribution is 5.87. The molecule has 0 radical (unpaired) electrons. The summed E-state index contributed by atoms with van der Waals surface area (Å²) in [6, 6.07) is -1.44. The Bertz CT molecular complexity index is 485. The molecule has 0 saturated carbocycles. The minimum absolute atomic E-state index is 0.179. The summed E-state index contributed by atoms with van der Waals surface area (Å²) in [5.41, 5.74) is 0.379. The van der Waals surface area contributed by atoms with Gasteiger partial charge in [-0.25, -0.2) is 9.78 Å². The summed E-state index contributed by atoms with van der Waals surface area (Å²) in [6.07, 6.45) is -2.18. The first kappa shape index (κ1) is 16.0. The summed E-state index contributed by atoms with van der Waals surface area (Å²) in [5, 5.41) is 1.60. The second-order valence-corrected chi connectivity index (χ2v) is 3.95. The topological polar surface area (TPSA) is 73.2 Å². The van der Waals surface area contributed by atoms with Crippen LogP contribution in [0, 0.1) is 0 Å². The van der Waals surface area contributed by atoms with Crippen molar-refractivity contribution in [2.45, 2.75) is 32.1 Å². The molecular weight excluding hydrogens is 279 g/mol. The standard InChI is InChI=1S/C11H14F3N3O3/c1-3-17-5-7(15-6-17)4-8(9(18)20-2)16-10(19)11(12,13)14/h5-6,8H,3-4H2,1-2H3,(H,16,19)/t8-/m0/s1. The number of methoxy groups -OCH3 is 1. The number of nitrogens with zero attached hydrogens (tertiary/aromatic N) is 2. The number of esters is 1. The highest BCUT2D eigenvalue weighted by Gasteiger charge is 2.41. The zero-order valence-corrected chi connectivity index (χ0v) is 10.9. The number of carbonyl (C=O) groups excluding carboxylic acids is 2. The van der Waals surface area contributed by atoms with E-state index in [0.717, 1.165) is 7.11 Å². The minimum Gasteiger partial charge on any atom is -0.467 e. The van der Waals surface area contributed by atoms with Gasteiger partial charge in [-0.1, -0.05) is 0 Å². The molecule has 1 N–H and O–H groups in total. The molecule has 0 aromatic carbocycles. The van der Waals surface area contributed by atoms with Gasteiger partial charge in [0.2, 0.25) is 0 Å². The fourth-order valence-electron chi connectivity index (χ4n) is 1.47. The highest BCUT2D eigenvalue weighted by atomic mass is 19.4. The molecule has 1 aromatic heterocycles. The van der Waals surface area contributed by atoms with Crippen molar-refractivity contribution in [1.82, 2.24) is 14.9 Å². The van der Waals surface area contributed by atoms with E-state index in [0.29, 0.717) is 12.2 Å². The maximum absolute atomic E-state index is 12.2. The molecule has 0 spiro atoms. The highest BCUT2D eigenvalue weighted by Crippen LogP contribution is 2.15. The zero-order chi connectivity index (χ0) is 15.3. The number of halogens is 3. The van der Waals surface area contributed by atoms with Gasteiger partial charge in [-0.05, 0) is 6.92 Å². The molecule has 0 aliphatic carbocycles. The van der Waals surface area contributed by atoms with Gasteiger partial charge >= 0.3 is 18.1 Å². The lowest BCUT2D eigenvalue weighted by molar-refractivity contribution is -0.175. The number of ether oxygens (including phenoxy) is 1. The normalized spacial score (nSPS) is 12.8. The first-order valence-electron chi connectivity index (χ1n) is 5.74. The van der Waals surface area contributed by atoms with Crippen LogP contribution in [0.15, 0.2) is 12.5 Å². The van der Waals surface area contributed by atoms with Crippen LogP contribution in [-0.2, 0) is 27.3 Å². The molecule has 9 heteroatoms. The van der Waals surface area contributed by atoms with Crippen LogP contribution >= 0.6 is 0 Å². The van der Waals surface area contributed by atoms with Crippen molar-refractivity contribution in [2.75, 3.05) is 7.11 Å². The van der Waals surface area contributed by atoms with Crippen LogP contribution in [0.25, 0.3) is 0 Å². The Kier molecular flexibility index (Phi) is 5.12. The van der Waals surface area contributed by atoms with Gasteiger partial charge in [0.15, 0.2) is 0 Å². The molecule has 0 unspecified atom stereocenters. The van der Waals surface area contributed by atoms with Crippen LogP contribution < -0.4 is 5.32 Å². The van der Waals surface area contributed by atoms with Gasteiger partial charge in [-0.15, -0.1) is 0 Å². The number of nitrogens with one attached hydrogen (secondary N) is 1. The van der Waals surface area contributed by atoms with Gasteiger partial charge in [0, 0.05) is 19.2 Å². The van der Waals surface area contributed by atoms with Gasteiger partial charge in [0.1, 0.15) is 6.04 Å². The quantitative estimate of drug-likeness (QED) is 0.810. The molecule has 1 atom stereocenters. The maximum atomic E-state index is 12.2. The molecule has 1 aromatic rings. The van der Waals surface area contributed by atoms with E-state index < -0.39 is 24.1 Å². The first-order chi connectivity index (χ1) is 9.27. The second kappa shape index (κ2) is 6.40. The number of hydrogen-bond acceptors (Lipinski definition) is 4. The van der Waals surface area contributed by atoms with Crippen molar-refractivity contribution in [3.8, 4) is 0 Å². The second-order valence-electron chi connectivity index (χ2n) is 3.95. The predicted molar refractivity (Wildman–Crippen MR) is 61.6 cm³/mol. The molecule has 0 aliphatic rings. The first-order valence-corrected chi connectivity index (χ1v) is 5.74. The van der Waals surface area contributed by atoms with E-state index >= 15 is 0 Å². The Morgan fingerprint density at radius 1 is 1.50 bits per heavy atom. The van der Waals surface area contributed by atoms with E-state index in [1.54, 1.807) is 16.1 Å². The van der Waals surface area contributed by atoms with Crippen LogP contribution in [0.5, 0.6) is 0 Å². The van der Waals surface area contributed by atoms with Crippen molar-refractivity contribution >= 4 is 11.9 Å². The predicted octanol–water partition coefficient (Wildman–Crippen LogP) is 0.666. The van der Waals surface area contributed by atoms with Crippen molar-refractivity contribution in [3.05, 3.63) is 18.2 Å². The van der Waals surface area contributed by atoms with E-state index in [9.17, 15) is 22.8 Å². The smallest absolute Gasteiger partial charge is 0.467 e. The van der Waals surface area contributed by atoms with Gasteiger partial charge in [-0.2, -0.15) is 13.2 Å². The molecule has 0 saturated heterocycles. The van der Waals surface area contributed by atoms with Crippen molar-refractivity contribution in [1.29, 1.82) is 0 Å². The minimum atomic E-state index is -5.06. The molecule has 1 rings (SSSR count). The number of carbonyl (C=O) groups is 2. The monoisotopic (exact) mass is 293 g/mol. The Balaban J connectivity index is 2.79. The van der Waals surface area contributed by atoms with Crippen LogP contribution in [0.3, 0.4) is 0 Å². The number of hydrogen-bond donors (Lipinski definition) is 1. The Labute approximate surface area is 112 Å². The van der Waals surface area contributed by atoms with Gasteiger partial charge < -0.3 is 14.6 Å². The molecule has 1 amide bonds. The summed E-state index contributed by atoms with van der Waals surface area (Å²) in [5.74, 6) is -3.16. The molecule has 1 heterocycles. The van der Waals surface area contributed by atoms with Crippen LogP contribution in [-0.4, -0.2) is 40.8 Å². The summed E-state index contributed by atoms with van der Waals surface area (Å²) in [6.45, 7) is 2.49. The summed E-state index contributed by atoms with van der Waals surface area (Å²) in [4.78, 5) is 26.2. The fraction of sp³-hybridized carbons (Fsp3) is 0.545. The molecule has 6 nitrogen and oxygen atoms in total. The third kappa shape index (κ3) is 4.25. The summed E-state index contributed by atoms with van der Waals surface area (Å²) in [7, 11) is 1.03. The molecule has 0 aliphatic heterocycles. The number of imidazole rings is 1. The average Bonchev–Trinajstić information content (AvgIpc) is 2.83. The Morgan fingerprint density at radius 3 is 2.60 bits per heavy atom. The third-order valence-electron chi connectivity index (χ3n) is 2.51. The molecule has 20 heavy (non-hydrogen) atoms. The average molecular weight is 293 g/mol. The largest absolute Gasteiger partial charge is 0.471 e. The molecule has 112 valence electrons. The lowest BCUT2D eigenvalue weighted by Gasteiger charge is -2.16. The van der Waals surface area contributed by atoms with E-state index in [-0.39, 0.29) is 6.42 Å². The van der Waals surface area contributed by atoms with Gasteiger partial charge in [0.25, 0.3) is 0 Å². The number of aromatic nitrogens is 2.